The number of amides is 1. The summed E-state index contributed by atoms with van der Waals surface area (Å²) in [5.41, 5.74) is 5.74. The molecule has 226 valence electrons. The number of hydrogen-bond donors (Lipinski definition) is 1. The first-order valence-electron chi connectivity index (χ1n) is 15.5. The number of hydrogen-bond acceptors (Lipinski definition) is 4. The van der Waals surface area contributed by atoms with Crippen molar-refractivity contribution in [1.82, 2.24) is 5.32 Å². The fraction of sp³-hybridized carbons (Fsp3) is 0.200. The van der Waals surface area contributed by atoms with Crippen LogP contribution in [0.15, 0.2) is 140 Å². The molecule has 1 amide bonds. The first-order chi connectivity index (χ1) is 22.0. The molecule has 0 spiro atoms. The monoisotopic (exact) mass is 595 g/mol. The van der Waals surface area contributed by atoms with Crippen LogP contribution in [0.5, 0.6) is 0 Å². The van der Waals surface area contributed by atoms with Crippen LogP contribution < -0.4 is 5.32 Å². The summed E-state index contributed by atoms with van der Waals surface area (Å²) in [4.78, 5) is 27.7. The molecule has 5 nitrogen and oxygen atoms in total. The summed E-state index contributed by atoms with van der Waals surface area (Å²) >= 11 is 0. The number of rotatable bonds is 10. The van der Waals surface area contributed by atoms with Crippen molar-refractivity contribution in [3.63, 3.8) is 0 Å². The number of carbonyl (C=O) groups is 2. The summed E-state index contributed by atoms with van der Waals surface area (Å²) in [6, 6.07) is 44.7. The molecule has 0 heterocycles. The summed E-state index contributed by atoms with van der Waals surface area (Å²) in [5, 5.41) is 2.88. The van der Waals surface area contributed by atoms with Crippen LogP contribution in [0.3, 0.4) is 0 Å². The highest BCUT2D eigenvalue weighted by Crippen LogP contribution is 2.45. The number of carbonyl (C=O) groups excluding carboxylic acids is 2. The molecule has 1 N–H and O–H groups in total. The van der Waals surface area contributed by atoms with Crippen molar-refractivity contribution >= 4 is 12.1 Å². The number of alkyl carbamates (subject to hydrolysis) is 1. The van der Waals surface area contributed by atoms with Crippen LogP contribution in [0.4, 0.5) is 4.79 Å². The van der Waals surface area contributed by atoms with E-state index in [9.17, 15) is 9.59 Å². The lowest BCUT2D eigenvalue weighted by molar-refractivity contribution is -0.157. The van der Waals surface area contributed by atoms with Gasteiger partial charge in [0.1, 0.15) is 12.6 Å². The zero-order valence-electron chi connectivity index (χ0n) is 25.6. The van der Waals surface area contributed by atoms with Crippen LogP contribution in [0.1, 0.15) is 54.0 Å². The van der Waals surface area contributed by atoms with Crippen molar-refractivity contribution in [1.29, 1.82) is 0 Å². The third-order valence-electron chi connectivity index (χ3n) is 8.88. The maximum absolute atomic E-state index is 14.3. The predicted octanol–water partition coefficient (Wildman–Crippen LogP) is 8.48. The molecule has 0 aromatic heterocycles. The second-order valence-electron chi connectivity index (χ2n) is 11.5. The molecule has 0 fully saturated rings. The minimum atomic E-state index is -1.24. The smallest absolute Gasteiger partial charge is 0.407 e. The molecule has 45 heavy (non-hydrogen) atoms. The minimum absolute atomic E-state index is 0.0842. The Bertz CT molecular complexity index is 1610. The second-order valence-corrected chi connectivity index (χ2v) is 11.5. The highest BCUT2D eigenvalue weighted by atomic mass is 16.6. The van der Waals surface area contributed by atoms with Crippen molar-refractivity contribution in [3.05, 3.63) is 167 Å². The third kappa shape index (κ3) is 5.86. The zero-order valence-corrected chi connectivity index (χ0v) is 25.6. The third-order valence-corrected chi connectivity index (χ3v) is 8.88. The maximum atomic E-state index is 14.3. The molecule has 1 aliphatic carbocycles. The second kappa shape index (κ2) is 13.2. The molecule has 0 saturated carbocycles. The van der Waals surface area contributed by atoms with Gasteiger partial charge in [0.15, 0.2) is 5.60 Å². The first kappa shape index (κ1) is 29.9. The zero-order chi connectivity index (χ0) is 31.2. The molecule has 5 heteroatoms. The minimum Gasteiger partial charge on any atom is -0.449 e. The van der Waals surface area contributed by atoms with Gasteiger partial charge in [-0.05, 0) is 28.2 Å². The van der Waals surface area contributed by atoms with Gasteiger partial charge in [0.05, 0.1) is 0 Å². The van der Waals surface area contributed by atoms with E-state index in [0.29, 0.717) is 6.42 Å². The van der Waals surface area contributed by atoms with E-state index in [0.717, 1.165) is 38.9 Å². The lowest BCUT2D eigenvalue weighted by Crippen LogP contribution is -2.49. The van der Waals surface area contributed by atoms with E-state index in [1.165, 1.54) is 0 Å². The van der Waals surface area contributed by atoms with Crippen LogP contribution in [-0.4, -0.2) is 24.7 Å². The van der Waals surface area contributed by atoms with Gasteiger partial charge >= 0.3 is 12.1 Å². The van der Waals surface area contributed by atoms with Crippen molar-refractivity contribution in [2.75, 3.05) is 6.61 Å². The SMILES string of the molecule is CC[C@H](C)[C@H](NC(=O)OCC1c2ccccc2-c2ccccc21)C(=O)OC(c1ccccc1)(c1ccccc1)c1ccccc1. The molecule has 0 saturated heterocycles. The number of fused-ring (bicyclic) bond motifs is 3. The number of nitrogens with one attached hydrogen (secondary N) is 1. The standard InChI is InChI=1S/C40H37NO4/c1-3-28(2)37(41-39(43)44-27-36-34-25-15-13-23-32(34)33-24-14-16-26-35(33)36)38(42)45-40(29-17-7-4-8-18-29,30-19-9-5-10-20-30)31-21-11-6-12-22-31/h4-26,28,36-37H,3,27H2,1-2H3,(H,41,43)/t28-,37-/m0/s1. The van der Waals surface area contributed by atoms with Gasteiger partial charge in [-0.3, -0.25) is 0 Å². The first-order valence-corrected chi connectivity index (χ1v) is 15.5. The lowest BCUT2D eigenvalue weighted by Gasteiger charge is -2.37. The van der Waals surface area contributed by atoms with Crippen molar-refractivity contribution in [2.24, 2.45) is 5.92 Å². The van der Waals surface area contributed by atoms with Gasteiger partial charge in [0.2, 0.25) is 0 Å². The summed E-state index contributed by atoms with van der Waals surface area (Å²) in [6.45, 7) is 4.08. The molecule has 0 aliphatic heterocycles. The molecule has 2 atom stereocenters. The van der Waals surface area contributed by atoms with E-state index >= 15 is 0 Å². The van der Waals surface area contributed by atoms with Crippen LogP contribution >= 0.6 is 0 Å². The average Bonchev–Trinajstić information content (AvgIpc) is 3.43. The summed E-state index contributed by atoms with van der Waals surface area (Å²) in [6.07, 6.45) is 0.00201. The van der Waals surface area contributed by atoms with Gasteiger partial charge in [0, 0.05) is 22.6 Å². The molecule has 1 aliphatic rings. The van der Waals surface area contributed by atoms with Crippen LogP contribution in [0, 0.1) is 5.92 Å². The van der Waals surface area contributed by atoms with E-state index in [1.807, 2.05) is 129 Å². The Labute approximate surface area is 264 Å². The van der Waals surface area contributed by atoms with Crippen LogP contribution in [0.2, 0.25) is 0 Å². The van der Waals surface area contributed by atoms with Crippen molar-refractivity contribution in [3.8, 4) is 11.1 Å². The Morgan fingerprint density at radius 2 is 1.09 bits per heavy atom. The van der Waals surface area contributed by atoms with Crippen LogP contribution in [-0.2, 0) is 19.9 Å². The van der Waals surface area contributed by atoms with E-state index in [-0.39, 0.29) is 18.4 Å². The molecule has 6 rings (SSSR count). The summed E-state index contributed by atoms with van der Waals surface area (Å²) in [7, 11) is 0. The van der Waals surface area contributed by atoms with Crippen LogP contribution in [0.25, 0.3) is 11.1 Å². The van der Waals surface area contributed by atoms with E-state index in [2.05, 4.69) is 29.6 Å². The van der Waals surface area contributed by atoms with Gasteiger partial charge in [-0.2, -0.15) is 0 Å². The Morgan fingerprint density at radius 1 is 0.667 bits per heavy atom. The number of benzene rings is 5. The largest absolute Gasteiger partial charge is 0.449 e. The van der Waals surface area contributed by atoms with Gasteiger partial charge in [-0.15, -0.1) is 0 Å². The average molecular weight is 596 g/mol. The number of esters is 1. The Hall–Kier alpha value is -5.16. The quantitative estimate of drug-likeness (QED) is 0.130. The van der Waals surface area contributed by atoms with E-state index < -0.39 is 23.7 Å². The van der Waals surface area contributed by atoms with Gasteiger partial charge < -0.3 is 14.8 Å². The predicted molar refractivity (Wildman–Crippen MR) is 177 cm³/mol. The molecular weight excluding hydrogens is 558 g/mol. The van der Waals surface area contributed by atoms with Gasteiger partial charge in [0.25, 0.3) is 0 Å². The Kier molecular flexibility index (Phi) is 8.79. The Morgan fingerprint density at radius 3 is 1.53 bits per heavy atom. The summed E-state index contributed by atoms with van der Waals surface area (Å²) < 4.78 is 12.5. The van der Waals surface area contributed by atoms with E-state index in [4.69, 9.17) is 9.47 Å². The van der Waals surface area contributed by atoms with Gasteiger partial charge in [-0.25, -0.2) is 9.59 Å². The van der Waals surface area contributed by atoms with Crippen molar-refractivity contribution in [2.45, 2.75) is 37.8 Å². The molecule has 5 aromatic carbocycles. The fourth-order valence-electron chi connectivity index (χ4n) is 6.35. The molecule has 0 radical (unpaired) electrons. The van der Waals surface area contributed by atoms with Crippen molar-refractivity contribution < 1.29 is 19.1 Å². The molecule has 0 unspecified atom stereocenters. The highest BCUT2D eigenvalue weighted by Gasteiger charge is 2.43. The number of ether oxygens (including phenoxy) is 2. The maximum Gasteiger partial charge on any atom is 0.407 e. The molecular formula is C40H37NO4. The fourth-order valence-corrected chi connectivity index (χ4v) is 6.35. The molecule has 0 bridgehead atoms. The summed E-state index contributed by atoms with van der Waals surface area (Å²) in [5.74, 6) is -0.827. The van der Waals surface area contributed by atoms with Gasteiger partial charge in [-0.1, -0.05) is 160 Å². The molecule has 5 aromatic rings. The topological polar surface area (TPSA) is 64.6 Å². The lowest BCUT2D eigenvalue weighted by atomic mass is 9.80. The highest BCUT2D eigenvalue weighted by molar-refractivity contribution is 5.83. The Balaban J connectivity index is 1.28. The normalized spacial score (nSPS) is 13.6. The van der Waals surface area contributed by atoms with E-state index in [1.54, 1.807) is 0 Å².